The van der Waals surface area contributed by atoms with Gasteiger partial charge in [-0.05, 0) is 48.4 Å². The van der Waals surface area contributed by atoms with Gasteiger partial charge in [-0.1, -0.05) is 59.9 Å². The predicted molar refractivity (Wildman–Crippen MR) is 147 cm³/mol. The van der Waals surface area contributed by atoms with Crippen molar-refractivity contribution in [2.45, 2.75) is 13.0 Å². The van der Waals surface area contributed by atoms with Gasteiger partial charge in [0.05, 0.1) is 42.7 Å². The first-order chi connectivity index (χ1) is 18.9. The smallest absolute Gasteiger partial charge is 0.338 e. The number of fused-ring (bicyclic) bond motifs is 1. The van der Waals surface area contributed by atoms with Crippen LogP contribution < -0.4 is 24.4 Å². The van der Waals surface area contributed by atoms with E-state index in [0.29, 0.717) is 37.7 Å². The lowest BCUT2D eigenvalue weighted by molar-refractivity contribution is -0.138. The van der Waals surface area contributed by atoms with Crippen LogP contribution in [0.3, 0.4) is 0 Å². The lowest BCUT2D eigenvalue weighted by atomic mass is 9.93. The number of carbonyl (C=O) groups excluding carboxylic acids is 1. The molecule has 0 aliphatic carbocycles. The van der Waals surface area contributed by atoms with Gasteiger partial charge < -0.3 is 14.2 Å². The van der Waals surface area contributed by atoms with Crippen LogP contribution >= 0.6 is 11.3 Å². The van der Waals surface area contributed by atoms with Crippen molar-refractivity contribution in [3.05, 3.63) is 121 Å². The Morgan fingerprint density at radius 1 is 1.03 bits per heavy atom. The molecule has 198 valence electrons. The first-order valence-corrected chi connectivity index (χ1v) is 13.0. The molecule has 0 saturated heterocycles. The second-order valence-electron chi connectivity index (χ2n) is 8.60. The van der Waals surface area contributed by atoms with Crippen molar-refractivity contribution in [1.82, 2.24) is 4.57 Å². The van der Waals surface area contributed by atoms with Gasteiger partial charge in [0.25, 0.3) is 5.56 Å². The van der Waals surface area contributed by atoms with Crippen LogP contribution in [-0.2, 0) is 9.53 Å². The average molecular weight is 545 g/mol. The molecule has 1 aliphatic heterocycles. The highest BCUT2D eigenvalue weighted by Gasteiger charge is 2.35. The maximum atomic E-state index is 13.9. The van der Waals surface area contributed by atoms with Gasteiger partial charge in [0, 0.05) is 5.56 Å². The molecule has 39 heavy (non-hydrogen) atoms. The lowest BCUT2D eigenvalue weighted by Gasteiger charge is -2.25. The zero-order chi connectivity index (χ0) is 27.5. The van der Waals surface area contributed by atoms with E-state index in [1.165, 1.54) is 28.0 Å². The highest BCUT2D eigenvalue weighted by atomic mass is 32.1. The Balaban J connectivity index is 1.79. The number of esters is 1. The number of benzene rings is 3. The highest BCUT2D eigenvalue weighted by molar-refractivity contribution is 7.07. The van der Waals surface area contributed by atoms with Gasteiger partial charge in [0.1, 0.15) is 5.82 Å². The fraction of sp³-hybridized carbons (Fsp3) is 0.167. The summed E-state index contributed by atoms with van der Waals surface area (Å²) in [5.74, 6) is 0.0753. The molecule has 1 aliphatic rings. The summed E-state index contributed by atoms with van der Waals surface area (Å²) >= 11 is 1.20. The van der Waals surface area contributed by atoms with Crippen molar-refractivity contribution in [3.63, 3.8) is 0 Å². The number of halogens is 1. The van der Waals surface area contributed by atoms with Crippen LogP contribution in [0.25, 0.3) is 11.8 Å². The third kappa shape index (κ3) is 5.00. The van der Waals surface area contributed by atoms with E-state index in [0.717, 1.165) is 5.56 Å². The van der Waals surface area contributed by atoms with E-state index < -0.39 is 17.8 Å². The van der Waals surface area contributed by atoms with E-state index in [1.54, 1.807) is 51.5 Å². The van der Waals surface area contributed by atoms with Crippen molar-refractivity contribution in [2.75, 3.05) is 20.8 Å². The van der Waals surface area contributed by atoms with E-state index in [4.69, 9.17) is 19.2 Å². The van der Waals surface area contributed by atoms with Gasteiger partial charge in [-0.15, -0.1) is 0 Å². The van der Waals surface area contributed by atoms with Crippen LogP contribution in [-0.4, -0.2) is 31.4 Å². The first-order valence-electron chi connectivity index (χ1n) is 12.2. The lowest BCUT2D eigenvalue weighted by Crippen LogP contribution is -2.40. The maximum Gasteiger partial charge on any atom is 0.338 e. The zero-order valence-electron chi connectivity index (χ0n) is 21.5. The molecule has 0 fully saturated rings. The van der Waals surface area contributed by atoms with Gasteiger partial charge in [-0.3, -0.25) is 9.36 Å². The van der Waals surface area contributed by atoms with Crippen LogP contribution in [0, 0.1) is 5.82 Å². The molecule has 5 rings (SSSR count). The molecule has 3 aromatic carbocycles. The molecular weight excluding hydrogens is 519 g/mol. The summed E-state index contributed by atoms with van der Waals surface area (Å²) in [5, 5.41) is 0. The fourth-order valence-corrected chi connectivity index (χ4v) is 5.50. The summed E-state index contributed by atoms with van der Waals surface area (Å²) in [5.41, 5.74) is 2.26. The Hall–Kier alpha value is -4.50. The molecule has 7 nitrogen and oxygen atoms in total. The predicted octanol–water partition coefficient (Wildman–Crippen LogP) is 4.09. The van der Waals surface area contributed by atoms with Crippen molar-refractivity contribution in [1.29, 1.82) is 0 Å². The minimum absolute atomic E-state index is 0.143. The van der Waals surface area contributed by atoms with E-state index in [9.17, 15) is 14.0 Å². The van der Waals surface area contributed by atoms with Crippen LogP contribution in [0.2, 0.25) is 0 Å². The van der Waals surface area contributed by atoms with Crippen molar-refractivity contribution < 1.29 is 23.4 Å². The van der Waals surface area contributed by atoms with E-state index >= 15 is 0 Å². The van der Waals surface area contributed by atoms with Gasteiger partial charge in [-0.2, -0.15) is 0 Å². The highest BCUT2D eigenvalue weighted by Crippen LogP contribution is 2.35. The van der Waals surface area contributed by atoms with E-state index in [-0.39, 0.29) is 17.7 Å². The third-order valence-corrected chi connectivity index (χ3v) is 7.25. The average Bonchev–Trinajstić information content (AvgIpc) is 3.27. The molecular formula is C30H25FN2O5S. The number of ether oxygens (including phenoxy) is 3. The van der Waals surface area contributed by atoms with Crippen molar-refractivity contribution in [2.24, 2.45) is 4.99 Å². The largest absolute Gasteiger partial charge is 0.493 e. The topological polar surface area (TPSA) is 79.1 Å². The molecule has 0 unspecified atom stereocenters. The normalized spacial score (nSPS) is 15.0. The number of thiazole rings is 1. The second-order valence-corrected chi connectivity index (χ2v) is 9.61. The molecule has 1 aromatic heterocycles. The summed E-state index contributed by atoms with van der Waals surface area (Å²) in [6, 6.07) is 19.5. The second kappa shape index (κ2) is 11.1. The Bertz CT molecular complexity index is 1740. The molecule has 4 aromatic rings. The summed E-state index contributed by atoms with van der Waals surface area (Å²) < 4.78 is 31.9. The summed E-state index contributed by atoms with van der Waals surface area (Å²) in [7, 11) is 3.09. The van der Waals surface area contributed by atoms with Crippen molar-refractivity contribution >= 4 is 29.1 Å². The number of hydrogen-bond donors (Lipinski definition) is 0. The molecule has 0 radical (unpaired) electrons. The Morgan fingerprint density at radius 2 is 1.74 bits per heavy atom. The summed E-state index contributed by atoms with van der Waals surface area (Å²) in [6.45, 7) is 1.86. The minimum atomic E-state index is -0.872. The molecule has 1 atom stereocenters. The van der Waals surface area contributed by atoms with E-state index in [2.05, 4.69) is 0 Å². The van der Waals surface area contributed by atoms with Crippen LogP contribution in [0.1, 0.15) is 29.7 Å². The number of rotatable bonds is 7. The van der Waals surface area contributed by atoms with Gasteiger partial charge in [0.2, 0.25) is 0 Å². The number of hydrogen-bond acceptors (Lipinski definition) is 7. The Kier molecular flexibility index (Phi) is 7.42. The molecule has 2 heterocycles. The monoisotopic (exact) mass is 544 g/mol. The molecule has 0 amide bonds. The van der Waals surface area contributed by atoms with Crippen LogP contribution in [0.15, 0.2) is 88.2 Å². The number of methoxy groups -OCH3 is 2. The maximum absolute atomic E-state index is 13.9. The van der Waals surface area contributed by atoms with E-state index in [1.807, 2.05) is 36.4 Å². The number of nitrogens with zero attached hydrogens (tertiary/aromatic N) is 2. The molecule has 0 spiro atoms. The molecule has 9 heteroatoms. The van der Waals surface area contributed by atoms with Crippen molar-refractivity contribution in [3.8, 4) is 11.5 Å². The number of carbonyl (C=O) groups is 1. The van der Waals surface area contributed by atoms with Crippen LogP contribution in [0.4, 0.5) is 4.39 Å². The minimum Gasteiger partial charge on any atom is -0.493 e. The van der Waals surface area contributed by atoms with Gasteiger partial charge >= 0.3 is 5.97 Å². The Morgan fingerprint density at radius 3 is 2.41 bits per heavy atom. The quantitative estimate of drug-likeness (QED) is 0.328. The molecule has 0 bridgehead atoms. The fourth-order valence-electron chi connectivity index (χ4n) is 4.49. The summed E-state index contributed by atoms with van der Waals surface area (Å²) in [6.07, 6.45) is 1.74. The van der Waals surface area contributed by atoms with Gasteiger partial charge in [0.15, 0.2) is 16.3 Å². The Labute approximate surface area is 227 Å². The molecule has 0 N–H and O–H groups in total. The molecule has 0 saturated carbocycles. The van der Waals surface area contributed by atoms with Crippen LogP contribution in [0.5, 0.6) is 11.5 Å². The standard InChI is InChI=1S/C30H25FN2O5S/c1-4-38-29(35)25-26(19-8-6-5-7-9-19)32-30-33(27(25)20-11-13-21(31)14-12-20)28(34)24(39-30)17-18-10-15-22(36-2)23(16-18)37-3/h5-17,27H,4H2,1-3H3/b24-17-/t27-/m0/s1. The number of aromatic nitrogens is 1. The first kappa shape index (κ1) is 26.1. The summed E-state index contributed by atoms with van der Waals surface area (Å²) in [4.78, 5) is 32.5. The zero-order valence-corrected chi connectivity index (χ0v) is 22.3. The third-order valence-electron chi connectivity index (χ3n) is 6.26. The van der Waals surface area contributed by atoms with Gasteiger partial charge in [-0.25, -0.2) is 14.2 Å². The SMILES string of the molecule is CCOC(=O)C1=C(c2ccccc2)N=c2s/c(=C\c3ccc(OC)c(OC)c3)c(=O)n2[C@H]1c1ccc(F)cc1.